The maximum atomic E-state index is 11.2. The molecule has 1 amide bonds. The molecule has 0 bridgehead atoms. The fourth-order valence-corrected chi connectivity index (χ4v) is 4.52. The third kappa shape index (κ3) is 3.98. The summed E-state index contributed by atoms with van der Waals surface area (Å²) in [5.41, 5.74) is 9.12. The van der Waals surface area contributed by atoms with Gasteiger partial charge in [0.25, 0.3) is 0 Å². The van der Waals surface area contributed by atoms with Gasteiger partial charge in [0.15, 0.2) is 0 Å². The largest absolute Gasteiger partial charge is 0.493 e. The molecular weight excluding hydrogens is 388 g/mol. The number of primary amides is 1. The summed E-state index contributed by atoms with van der Waals surface area (Å²) in [4.78, 5) is 22.5. The standard InChI is InChI=1S/C25H26N4O2/c1-2-16-11-27-25(28-12-16)29-13-21-22(14-29)23(21)15-31-20-9-7-18(8-10-20)17-3-5-19(6-4-17)24(26)30/h3-12,21-23H,2,13-15H2,1H3,(H2,26,30)/t21-,22+,23?. The molecule has 1 saturated heterocycles. The van der Waals surface area contributed by atoms with Crippen LogP contribution in [0.25, 0.3) is 11.1 Å². The molecule has 2 aromatic carbocycles. The van der Waals surface area contributed by atoms with Crippen molar-refractivity contribution in [1.82, 2.24) is 9.97 Å². The van der Waals surface area contributed by atoms with Crippen LogP contribution in [0.1, 0.15) is 22.8 Å². The van der Waals surface area contributed by atoms with Crippen LogP contribution in [0.3, 0.4) is 0 Å². The molecule has 1 aliphatic carbocycles. The number of nitrogens with two attached hydrogens (primary N) is 1. The summed E-state index contributed by atoms with van der Waals surface area (Å²) in [5.74, 6) is 3.30. The molecular formula is C25H26N4O2. The number of anilines is 1. The fraction of sp³-hybridized carbons (Fsp3) is 0.320. The van der Waals surface area contributed by atoms with E-state index in [1.165, 1.54) is 5.56 Å². The summed E-state index contributed by atoms with van der Waals surface area (Å²) in [6.07, 6.45) is 4.83. The van der Waals surface area contributed by atoms with E-state index in [0.717, 1.165) is 48.9 Å². The Balaban J connectivity index is 1.12. The molecule has 1 saturated carbocycles. The van der Waals surface area contributed by atoms with Crippen LogP contribution in [-0.4, -0.2) is 35.6 Å². The summed E-state index contributed by atoms with van der Waals surface area (Å²) in [6.45, 7) is 4.91. The van der Waals surface area contributed by atoms with Gasteiger partial charge in [-0.1, -0.05) is 31.2 Å². The number of benzene rings is 2. The van der Waals surface area contributed by atoms with Crippen molar-refractivity contribution in [3.8, 4) is 16.9 Å². The Bertz CT molecular complexity index is 1050. The number of amides is 1. The molecule has 1 aromatic heterocycles. The molecule has 6 heteroatoms. The average molecular weight is 415 g/mol. The number of rotatable bonds is 7. The van der Waals surface area contributed by atoms with Gasteiger partial charge in [-0.3, -0.25) is 4.79 Å². The van der Waals surface area contributed by atoms with Crippen LogP contribution in [0.4, 0.5) is 5.95 Å². The van der Waals surface area contributed by atoms with Crippen LogP contribution in [-0.2, 0) is 6.42 Å². The van der Waals surface area contributed by atoms with Crippen molar-refractivity contribution in [3.63, 3.8) is 0 Å². The summed E-state index contributed by atoms with van der Waals surface area (Å²) < 4.78 is 6.07. The van der Waals surface area contributed by atoms with Gasteiger partial charge in [-0.2, -0.15) is 0 Å². The second-order valence-electron chi connectivity index (χ2n) is 8.42. The first-order valence-electron chi connectivity index (χ1n) is 10.8. The fourth-order valence-electron chi connectivity index (χ4n) is 4.52. The number of ether oxygens (including phenoxy) is 1. The number of hydrogen-bond donors (Lipinski definition) is 1. The van der Waals surface area contributed by atoms with E-state index in [4.69, 9.17) is 10.5 Å². The van der Waals surface area contributed by atoms with Crippen LogP contribution in [0, 0.1) is 17.8 Å². The highest BCUT2D eigenvalue weighted by Gasteiger charge is 2.56. The van der Waals surface area contributed by atoms with Crippen molar-refractivity contribution in [1.29, 1.82) is 0 Å². The van der Waals surface area contributed by atoms with Gasteiger partial charge in [-0.05, 0) is 59.2 Å². The number of carbonyl (C=O) groups is 1. The van der Waals surface area contributed by atoms with E-state index in [1.807, 2.05) is 48.8 Å². The highest BCUT2D eigenvalue weighted by atomic mass is 16.5. The van der Waals surface area contributed by atoms with E-state index in [1.54, 1.807) is 12.1 Å². The molecule has 0 radical (unpaired) electrons. The molecule has 3 atom stereocenters. The minimum Gasteiger partial charge on any atom is -0.493 e. The number of piperidine rings is 1. The highest BCUT2D eigenvalue weighted by molar-refractivity contribution is 5.93. The monoisotopic (exact) mass is 414 g/mol. The van der Waals surface area contributed by atoms with Gasteiger partial charge in [0.05, 0.1) is 6.61 Å². The molecule has 3 aromatic rings. The summed E-state index contributed by atoms with van der Waals surface area (Å²) >= 11 is 0. The summed E-state index contributed by atoms with van der Waals surface area (Å²) in [7, 11) is 0. The lowest BCUT2D eigenvalue weighted by Gasteiger charge is -2.19. The maximum absolute atomic E-state index is 11.2. The Morgan fingerprint density at radius 3 is 2.13 bits per heavy atom. The first kappa shape index (κ1) is 19.5. The Morgan fingerprint density at radius 1 is 1.00 bits per heavy atom. The smallest absolute Gasteiger partial charge is 0.248 e. The quantitative estimate of drug-likeness (QED) is 0.639. The third-order valence-electron chi connectivity index (χ3n) is 6.55. The summed E-state index contributed by atoms with van der Waals surface area (Å²) in [5, 5.41) is 0. The molecule has 2 aliphatic rings. The maximum Gasteiger partial charge on any atom is 0.248 e. The molecule has 0 spiro atoms. The van der Waals surface area contributed by atoms with Gasteiger partial charge in [0, 0.05) is 37.0 Å². The van der Waals surface area contributed by atoms with E-state index in [9.17, 15) is 4.79 Å². The predicted octanol–water partition coefficient (Wildman–Crippen LogP) is 3.57. The number of fused-ring (bicyclic) bond motifs is 1. The van der Waals surface area contributed by atoms with Gasteiger partial charge in [0.2, 0.25) is 11.9 Å². The zero-order valence-corrected chi connectivity index (χ0v) is 17.6. The lowest BCUT2D eigenvalue weighted by molar-refractivity contribution is 0.100. The zero-order chi connectivity index (χ0) is 21.4. The SMILES string of the molecule is CCc1cnc(N2C[C@@H]3C(COc4ccc(-c5ccc(C(N)=O)cc5)cc4)[C@@H]3C2)nc1. The first-order valence-corrected chi connectivity index (χ1v) is 10.8. The predicted molar refractivity (Wildman–Crippen MR) is 120 cm³/mol. The molecule has 1 unspecified atom stereocenters. The second-order valence-corrected chi connectivity index (χ2v) is 8.42. The number of aryl methyl sites for hydroxylation is 1. The van der Waals surface area contributed by atoms with Crippen LogP contribution in [0.5, 0.6) is 5.75 Å². The van der Waals surface area contributed by atoms with Gasteiger partial charge in [-0.15, -0.1) is 0 Å². The topological polar surface area (TPSA) is 81.3 Å². The van der Waals surface area contributed by atoms with E-state index in [0.29, 0.717) is 23.3 Å². The van der Waals surface area contributed by atoms with Crippen molar-refractivity contribution < 1.29 is 9.53 Å². The Kier molecular flexibility index (Phi) is 5.06. The van der Waals surface area contributed by atoms with Crippen molar-refractivity contribution >= 4 is 11.9 Å². The van der Waals surface area contributed by atoms with Crippen molar-refractivity contribution in [2.24, 2.45) is 23.5 Å². The lowest BCUT2D eigenvalue weighted by atomic mass is 10.0. The van der Waals surface area contributed by atoms with E-state index < -0.39 is 5.91 Å². The van der Waals surface area contributed by atoms with Gasteiger partial charge in [0.1, 0.15) is 5.75 Å². The molecule has 2 heterocycles. The number of hydrogen-bond acceptors (Lipinski definition) is 5. The minimum atomic E-state index is -0.412. The van der Waals surface area contributed by atoms with Gasteiger partial charge >= 0.3 is 0 Å². The number of aromatic nitrogens is 2. The minimum absolute atomic E-state index is 0.412. The molecule has 5 rings (SSSR count). The average Bonchev–Trinajstić information content (AvgIpc) is 3.26. The van der Waals surface area contributed by atoms with E-state index >= 15 is 0 Å². The second kappa shape index (κ2) is 8.02. The number of nitrogens with zero attached hydrogens (tertiary/aromatic N) is 3. The Labute approximate surface area is 182 Å². The van der Waals surface area contributed by atoms with Crippen LogP contribution in [0.15, 0.2) is 60.9 Å². The molecule has 2 fully saturated rings. The van der Waals surface area contributed by atoms with Crippen molar-refractivity contribution in [3.05, 3.63) is 72.1 Å². The van der Waals surface area contributed by atoms with Gasteiger partial charge < -0.3 is 15.4 Å². The normalized spacial score (nSPS) is 21.6. The van der Waals surface area contributed by atoms with Crippen LogP contribution in [0.2, 0.25) is 0 Å². The summed E-state index contributed by atoms with van der Waals surface area (Å²) in [6, 6.07) is 15.4. The van der Waals surface area contributed by atoms with E-state index in [-0.39, 0.29) is 0 Å². The molecule has 6 nitrogen and oxygen atoms in total. The molecule has 31 heavy (non-hydrogen) atoms. The third-order valence-corrected chi connectivity index (χ3v) is 6.55. The Hall–Kier alpha value is -3.41. The lowest BCUT2D eigenvalue weighted by Crippen LogP contribution is -2.27. The van der Waals surface area contributed by atoms with Gasteiger partial charge in [-0.25, -0.2) is 9.97 Å². The Morgan fingerprint density at radius 2 is 1.58 bits per heavy atom. The van der Waals surface area contributed by atoms with Crippen LogP contribution < -0.4 is 15.4 Å². The molecule has 1 aliphatic heterocycles. The molecule has 2 N–H and O–H groups in total. The molecule has 158 valence electrons. The first-order chi connectivity index (χ1) is 15.1. The highest BCUT2D eigenvalue weighted by Crippen LogP contribution is 2.52. The van der Waals surface area contributed by atoms with Crippen LogP contribution >= 0.6 is 0 Å². The van der Waals surface area contributed by atoms with E-state index in [2.05, 4.69) is 21.8 Å². The number of carbonyl (C=O) groups excluding carboxylic acids is 1. The van der Waals surface area contributed by atoms with Crippen molar-refractivity contribution in [2.75, 3.05) is 24.6 Å². The van der Waals surface area contributed by atoms with Crippen molar-refractivity contribution in [2.45, 2.75) is 13.3 Å². The zero-order valence-electron chi connectivity index (χ0n) is 17.6.